The summed E-state index contributed by atoms with van der Waals surface area (Å²) in [6.07, 6.45) is 0. The Morgan fingerprint density at radius 2 is 2.06 bits per heavy atom. The number of benzene rings is 1. The molecule has 1 aromatic carbocycles. The molecule has 0 saturated heterocycles. The second kappa shape index (κ2) is 6.98. The van der Waals surface area contributed by atoms with Crippen LogP contribution in [0.15, 0.2) is 40.6 Å². The van der Waals surface area contributed by atoms with Gasteiger partial charge in [-0.15, -0.1) is 23.1 Å². The van der Waals surface area contributed by atoms with Crippen molar-refractivity contribution in [2.24, 2.45) is 0 Å². The minimum Gasteiger partial charge on any atom is -0.311 e. The van der Waals surface area contributed by atoms with Crippen LogP contribution >= 0.6 is 23.1 Å². The Labute approximate surface area is 118 Å². The number of thiophene rings is 1. The van der Waals surface area contributed by atoms with Gasteiger partial charge in [-0.2, -0.15) is 0 Å². The van der Waals surface area contributed by atoms with Gasteiger partial charge in [0.05, 0.1) is 0 Å². The first-order valence-electron chi connectivity index (χ1n) is 6.19. The quantitative estimate of drug-likeness (QED) is 0.626. The summed E-state index contributed by atoms with van der Waals surface area (Å²) in [4.78, 5) is 2.78. The second-order valence-electron chi connectivity index (χ2n) is 4.35. The molecule has 2 aromatic rings. The Morgan fingerprint density at radius 1 is 1.17 bits per heavy atom. The predicted molar refractivity (Wildman–Crippen MR) is 82.7 cm³/mol. The number of hydrogen-bond acceptors (Lipinski definition) is 3. The third-order valence-electron chi connectivity index (χ3n) is 2.91. The molecule has 96 valence electrons. The largest absolute Gasteiger partial charge is 0.311 e. The van der Waals surface area contributed by atoms with Crippen LogP contribution in [-0.2, 0) is 6.54 Å². The zero-order chi connectivity index (χ0) is 12.8. The van der Waals surface area contributed by atoms with Gasteiger partial charge in [-0.05, 0) is 48.6 Å². The second-order valence-corrected chi connectivity index (χ2v) is 6.55. The topological polar surface area (TPSA) is 12.0 Å². The summed E-state index contributed by atoms with van der Waals surface area (Å²) in [5, 5.41) is 5.60. The monoisotopic (exact) mass is 277 g/mol. The molecule has 0 aliphatic carbocycles. The van der Waals surface area contributed by atoms with Crippen molar-refractivity contribution in [2.75, 3.05) is 12.3 Å². The van der Waals surface area contributed by atoms with Crippen molar-refractivity contribution < 1.29 is 0 Å². The van der Waals surface area contributed by atoms with Crippen molar-refractivity contribution >= 4 is 23.1 Å². The summed E-state index contributed by atoms with van der Waals surface area (Å²) in [5.74, 6) is 1.12. The van der Waals surface area contributed by atoms with Crippen molar-refractivity contribution in [1.29, 1.82) is 0 Å². The molecule has 1 nitrogen and oxygen atoms in total. The van der Waals surface area contributed by atoms with Crippen LogP contribution in [0.1, 0.15) is 16.0 Å². The highest BCUT2D eigenvalue weighted by molar-refractivity contribution is 7.99. The molecule has 0 spiro atoms. The first-order chi connectivity index (χ1) is 8.75. The van der Waals surface area contributed by atoms with Gasteiger partial charge in [0.2, 0.25) is 0 Å². The fraction of sp³-hybridized carbons (Fsp3) is 0.333. The summed E-state index contributed by atoms with van der Waals surface area (Å²) in [6.45, 7) is 6.38. The number of nitrogens with one attached hydrogen (secondary N) is 1. The van der Waals surface area contributed by atoms with Gasteiger partial charge in [0.1, 0.15) is 0 Å². The predicted octanol–water partition coefficient (Wildman–Crippen LogP) is 4.25. The first-order valence-corrected chi connectivity index (χ1v) is 8.05. The van der Waals surface area contributed by atoms with Gasteiger partial charge in [-0.25, -0.2) is 0 Å². The van der Waals surface area contributed by atoms with Crippen LogP contribution in [-0.4, -0.2) is 12.3 Å². The van der Waals surface area contributed by atoms with E-state index in [0.717, 1.165) is 18.8 Å². The normalized spacial score (nSPS) is 10.8. The van der Waals surface area contributed by atoms with E-state index in [1.165, 1.54) is 20.9 Å². The highest BCUT2D eigenvalue weighted by Crippen LogP contribution is 2.20. The Balaban J connectivity index is 1.67. The Hall–Kier alpha value is -0.770. The maximum Gasteiger partial charge on any atom is 0.0300 e. The van der Waals surface area contributed by atoms with Crippen molar-refractivity contribution in [3.05, 3.63) is 51.7 Å². The molecule has 1 N–H and O–H groups in total. The number of aryl methyl sites for hydroxylation is 2. The van der Waals surface area contributed by atoms with Gasteiger partial charge < -0.3 is 5.32 Å². The molecule has 0 aliphatic heterocycles. The molecule has 3 heteroatoms. The van der Waals surface area contributed by atoms with E-state index in [2.05, 4.69) is 54.9 Å². The molecule has 0 bridgehead atoms. The number of rotatable bonds is 6. The van der Waals surface area contributed by atoms with Gasteiger partial charge in [0, 0.05) is 28.6 Å². The maximum absolute atomic E-state index is 3.47. The van der Waals surface area contributed by atoms with E-state index in [0.29, 0.717) is 0 Å². The van der Waals surface area contributed by atoms with Crippen LogP contribution in [0.2, 0.25) is 0 Å². The van der Waals surface area contributed by atoms with Gasteiger partial charge in [-0.1, -0.05) is 12.1 Å². The van der Waals surface area contributed by atoms with Crippen LogP contribution in [0, 0.1) is 13.8 Å². The van der Waals surface area contributed by atoms with Crippen LogP contribution in [0.4, 0.5) is 0 Å². The Morgan fingerprint density at radius 3 is 2.78 bits per heavy atom. The average Bonchev–Trinajstić information content (AvgIpc) is 2.86. The first kappa shape index (κ1) is 13.7. The van der Waals surface area contributed by atoms with E-state index < -0.39 is 0 Å². The van der Waals surface area contributed by atoms with E-state index in [-0.39, 0.29) is 0 Å². The van der Waals surface area contributed by atoms with Crippen LogP contribution in [0.3, 0.4) is 0 Å². The zero-order valence-corrected chi connectivity index (χ0v) is 12.5. The van der Waals surface area contributed by atoms with Crippen LogP contribution < -0.4 is 5.32 Å². The summed E-state index contributed by atoms with van der Waals surface area (Å²) in [7, 11) is 0. The lowest BCUT2D eigenvalue weighted by molar-refractivity contribution is 0.741. The van der Waals surface area contributed by atoms with Gasteiger partial charge in [0.15, 0.2) is 0 Å². The minimum absolute atomic E-state index is 0.991. The van der Waals surface area contributed by atoms with Crippen molar-refractivity contribution in [1.82, 2.24) is 5.32 Å². The molecule has 1 aromatic heterocycles. The maximum atomic E-state index is 3.47. The molecule has 0 saturated carbocycles. The molecule has 0 unspecified atom stereocenters. The molecule has 0 aliphatic rings. The zero-order valence-electron chi connectivity index (χ0n) is 10.9. The molecule has 0 fully saturated rings. The van der Waals surface area contributed by atoms with E-state index in [4.69, 9.17) is 0 Å². The highest BCUT2D eigenvalue weighted by Gasteiger charge is 1.97. The highest BCUT2D eigenvalue weighted by atomic mass is 32.2. The summed E-state index contributed by atoms with van der Waals surface area (Å²) in [5.41, 5.74) is 2.75. The standard InChI is InChI=1S/C15H19NS2/c1-12-5-6-14(10-13(12)2)18-9-7-16-11-15-4-3-8-17-15/h3-6,8,10,16H,7,9,11H2,1-2H3. The molecule has 0 radical (unpaired) electrons. The van der Waals surface area contributed by atoms with E-state index in [9.17, 15) is 0 Å². The summed E-state index contributed by atoms with van der Waals surface area (Å²) < 4.78 is 0. The molecule has 1 heterocycles. The van der Waals surface area contributed by atoms with Crippen molar-refractivity contribution in [2.45, 2.75) is 25.3 Å². The fourth-order valence-corrected chi connectivity index (χ4v) is 3.25. The molecule has 18 heavy (non-hydrogen) atoms. The minimum atomic E-state index is 0.991. The fourth-order valence-electron chi connectivity index (χ4n) is 1.67. The Bertz CT molecular complexity index is 477. The van der Waals surface area contributed by atoms with Gasteiger partial charge >= 0.3 is 0 Å². The average molecular weight is 277 g/mol. The van der Waals surface area contributed by atoms with E-state index >= 15 is 0 Å². The van der Waals surface area contributed by atoms with Crippen LogP contribution in [0.5, 0.6) is 0 Å². The molecular formula is C15H19NS2. The Kier molecular flexibility index (Phi) is 5.29. The molecule has 0 amide bonds. The SMILES string of the molecule is Cc1ccc(SCCNCc2cccs2)cc1C. The molecule has 0 atom stereocenters. The van der Waals surface area contributed by atoms with E-state index in [1.54, 1.807) is 0 Å². The number of hydrogen-bond donors (Lipinski definition) is 1. The summed E-state index contributed by atoms with van der Waals surface area (Å²) >= 11 is 3.73. The van der Waals surface area contributed by atoms with Crippen LogP contribution in [0.25, 0.3) is 0 Å². The van der Waals surface area contributed by atoms with Crippen molar-refractivity contribution in [3.63, 3.8) is 0 Å². The van der Waals surface area contributed by atoms with E-state index in [1.807, 2.05) is 23.1 Å². The van der Waals surface area contributed by atoms with Crippen molar-refractivity contribution in [3.8, 4) is 0 Å². The smallest absolute Gasteiger partial charge is 0.0300 e. The molecule has 2 rings (SSSR count). The lowest BCUT2D eigenvalue weighted by Crippen LogP contribution is -2.15. The lowest BCUT2D eigenvalue weighted by Gasteiger charge is -2.06. The number of thioether (sulfide) groups is 1. The lowest BCUT2D eigenvalue weighted by atomic mass is 10.1. The molecular weight excluding hydrogens is 258 g/mol. The third kappa shape index (κ3) is 4.16. The summed E-state index contributed by atoms with van der Waals surface area (Å²) in [6, 6.07) is 11.0. The van der Waals surface area contributed by atoms with Gasteiger partial charge in [0.25, 0.3) is 0 Å². The third-order valence-corrected chi connectivity index (χ3v) is 4.78. The van der Waals surface area contributed by atoms with Gasteiger partial charge in [-0.3, -0.25) is 0 Å².